The van der Waals surface area contributed by atoms with Crippen molar-refractivity contribution in [3.63, 3.8) is 0 Å². The normalized spacial score (nSPS) is 10.4. The third kappa shape index (κ3) is 1.69. The van der Waals surface area contributed by atoms with Crippen molar-refractivity contribution in [2.75, 3.05) is 5.73 Å². The molecule has 2 N–H and O–H groups in total. The molecule has 88 valence electrons. The number of pyridine rings is 1. The minimum Gasteiger partial charge on any atom is -0.367 e. The van der Waals surface area contributed by atoms with Crippen molar-refractivity contribution in [3.8, 4) is 22.5 Å². The van der Waals surface area contributed by atoms with Gasteiger partial charge in [0.15, 0.2) is 0 Å². The number of anilines is 1. The third-order valence-electron chi connectivity index (χ3n) is 2.50. The Morgan fingerprint density at radius 3 is 2.72 bits per heavy atom. The highest BCUT2D eigenvalue weighted by atomic mass is 16.5. The molecule has 0 amide bonds. The van der Waals surface area contributed by atoms with Crippen molar-refractivity contribution >= 4 is 5.88 Å². The zero-order valence-corrected chi connectivity index (χ0v) is 9.32. The first-order valence-corrected chi connectivity index (χ1v) is 5.30. The van der Waals surface area contributed by atoms with Crippen LogP contribution in [0.1, 0.15) is 0 Å². The summed E-state index contributed by atoms with van der Waals surface area (Å²) in [5.74, 6) is 0.237. The molecular formula is C12H9N5O. The molecule has 0 spiro atoms. The van der Waals surface area contributed by atoms with E-state index in [1.807, 2.05) is 18.2 Å². The number of nitrogens with two attached hydrogens (primary N) is 1. The summed E-state index contributed by atoms with van der Waals surface area (Å²) in [6.07, 6.45) is 4.88. The summed E-state index contributed by atoms with van der Waals surface area (Å²) in [5.41, 5.74) is 8.58. The topological polar surface area (TPSA) is 90.7 Å². The largest absolute Gasteiger partial charge is 0.367 e. The molecule has 6 heteroatoms. The fraction of sp³-hybridized carbons (Fsp3) is 0. The Labute approximate surface area is 102 Å². The number of aromatic nitrogens is 4. The second kappa shape index (κ2) is 4.25. The summed E-state index contributed by atoms with van der Waals surface area (Å²) in [6, 6.07) is 7.35. The summed E-state index contributed by atoms with van der Waals surface area (Å²) in [4.78, 5) is 4.25. The lowest BCUT2D eigenvalue weighted by atomic mass is 10.1. The van der Waals surface area contributed by atoms with Gasteiger partial charge in [-0.2, -0.15) is 10.2 Å². The minimum atomic E-state index is 0.237. The second-order valence-corrected chi connectivity index (χ2v) is 3.62. The molecule has 6 nitrogen and oxygen atoms in total. The van der Waals surface area contributed by atoms with Gasteiger partial charge in [-0.3, -0.25) is 4.98 Å². The summed E-state index contributed by atoms with van der Waals surface area (Å²) in [6.45, 7) is 0. The van der Waals surface area contributed by atoms with Gasteiger partial charge in [0.2, 0.25) is 5.88 Å². The molecule has 0 saturated heterocycles. The fourth-order valence-electron chi connectivity index (χ4n) is 1.69. The van der Waals surface area contributed by atoms with Gasteiger partial charge in [0.05, 0.1) is 23.7 Å². The smallest absolute Gasteiger partial charge is 0.232 e. The number of nitrogens with zero attached hydrogens (tertiary/aromatic N) is 4. The highest BCUT2D eigenvalue weighted by Gasteiger charge is 2.18. The standard InChI is InChI=1S/C12H9N5O/c13-12-10(9-3-1-2-5-14-9)11(17-18-12)8-4-6-15-16-7-8/h1-7H,13H2. The molecule has 0 bridgehead atoms. The van der Waals surface area contributed by atoms with Gasteiger partial charge in [-0.1, -0.05) is 11.2 Å². The van der Waals surface area contributed by atoms with Crippen molar-refractivity contribution in [3.05, 3.63) is 42.9 Å². The zero-order chi connectivity index (χ0) is 12.4. The van der Waals surface area contributed by atoms with Gasteiger partial charge in [0, 0.05) is 11.8 Å². The van der Waals surface area contributed by atoms with Crippen LogP contribution in [0.25, 0.3) is 22.5 Å². The molecule has 18 heavy (non-hydrogen) atoms. The van der Waals surface area contributed by atoms with Gasteiger partial charge < -0.3 is 10.3 Å². The highest BCUT2D eigenvalue weighted by molar-refractivity contribution is 5.84. The van der Waals surface area contributed by atoms with E-state index in [9.17, 15) is 0 Å². The predicted octanol–water partition coefficient (Wildman–Crippen LogP) is 1.78. The Hall–Kier alpha value is -2.76. The van der Waals surface area contributed by atoms with Crippen LogP contribution in [0.4, 0.5) is 5.88 Å². The fourth-order valence-corrected chi connectivity index (χ4v) is 1.69. The van der Waals surface area contributed by atoms with E-state index in [0.717, 1.165) is 5.56 Å². The van der Waals surface area contributed by atoms with E-state index in [1.54, 1.807) is 24.7 Å². The molecule has 0 aromatic carbocycles. The van der Waals surface area contributed by atoms with Crippen LogP contribution in [0.3, 0.4) is 0 Å². The number of hydrogen-bond acceptors (Lipinski definition) is 6. The minimum absolute atomic E-state index is 0.237. The van der Waals surface area contributed by atoms with Gasteiger partial charge in [-0.25, -0.2) is 0 Å². The lowest BCUT2D eigenvalue weighted by molar-refractivity contribution is 0.439. The SMILES string of the molecule is Nc1onc(-c2ccnnc2)c1-c1ccccn1. The van der Waals surface area contributed by atoms with Crippen LogP contribution in [-0.2, 0) is 0 Å². The Bertz CT molecular complexity index is 651. The number of hydrogen-bond donors (Lipinski definition) is 1. The molecule has 0 atom stereocenters. The monoisotopic (exact) mass is 239 g/mol. The lowest BCUT2D eigenvalue weighted by Crippen LogP contribution is -1.90. The van der Waals surface area contributed by atoms with Crippen molar-refractivity contribution in [2.24, 2.45) is 0 Å². The van der Waals surface area contributed by atoms with Crippen molar-refractivity contribution in [1.82, 2.24) is 20.3 Å². The van der Waals surface area contributed by atoms with E-state index in [1.165, 1.54) is 0 Å². The van der Waals surface area contributed by atoms with E-state index < -0.39 is 0 Å². The molecule has 3 aromatic rings. The van der Waals surface area contributed by atoms with Crippen molar-refractivity contribution < 1.29 is 4.52 Å². The molecular weight excluding hydrogens is 230 g/mol. The quantitative estimate of drug-likeness (QED) is 0.732. The van der Waals surface area contributed by atoms with E-state index in [0.29, 0.717) is 17.0 Å². The van der Waals surface area contributed by atoms with E-state index in [2.05, 4.69) is 20.3 Å². The first-order chi connectivity index (χ1) is 8.86. The Morgan fingerprint density at radius 2 is 2.00 bits per heavy atom. The van der Waals surface area contributed by atoms with Crippen LogP contribution in [0.15, 0.2) is 47.4 Å². The van der Waals surface area contributed by atoms with Gasteiger partial charge in [-0.15, -0.1) is 0 Å². The molecule has 0 radical (unpaired) electrons. The highest BCUT2D eigenvalue weighted by Crippen LogP contribution is 2.34. The van der Waals surface area contributed by atoms with Gasteiger partial charge >= 0.3 is 0 Å². The summed E-state index contributed by atoms with van der Waals surface area (Å²) < 4.78 is 5.04. The maximum Gasteiger partial charge on any atom is 0.232 e. The van der Waals surface area contributed by atoms with Crippen LogP contribution in [0.2, 0.25) is 0 Å². The van der Waals surface area contributed by atoms with Crippen LogP contribution in [-0.4, -0.2) is 20.3 Å². The predicted molar refractivity (Wildman–Crippen MR) is 65.2 cm³/mol. The average molecular weight is 239 g/mol. The lowest BCUT2D eigenvalue weighted by Gasteiger charge is -2.00. The molecule has 0 aliphatic rings. The second-order valence-electron chi connectivity index (χ2n) is 3.62. The maximum absolute atomic E-state index is 5.81. The molecule has 3 aromatic heterocycles. The molecule has 0 saturated carbocycles. The van der Waals surface area contributed by atoms with Gasteiger partial charge in [0.1, 0.15) is 5.69 Å². The molecule has 0 fully saturated rings. The van der Waals surface area contributed by atoms with E-state index in [-0.39, 0.29) is 5.88 Å². The van der Waals surface area contributed by atoms with Gasteiger partial charge in [0.25, 0.3) is 0 Å². The van der Waals surface area contributed by atoms with Crippen LogP contribution in [0.5, 0.6) is 0 Å². The summed E-state index contributed by atoms with van der Waals surface area (Å²) in [5, 5.41) is 11.5. The average Bonchev–Trinajstić information content (AvgIpc) is 2.83. The Kier molecular flexibility index (Phi) is 2.45. The zero-order valence-electron chi connectivity index (χ0n) is 9.32. The Balaban J connectivity index is 2.19. The first kappa shape index (κ1) is 10.4. The summed E-state index contributed by atoms with van der Waals surface area (Å²) >= 11 is 0. The number of rotatable bonds is 2. The molecule has 0 unspecified atom stereocenters. The summed E-state index contributed by atoms with van der Waals surface area (Å²) in [7, 11) is 0. The molecule has 0 aliphatic heterocycles. The third-order valence-corrected chi connectivity index (χ3v) is 2.50. The number of nitrogen functional groups attached to an aromatic ring is 1. The Morgan fingerprint density at radius 1 is 1.06 bits per heavy atom. The van der Waals surface area contributed by atoms with Crippen LogP contribution >= 0.6 is 0 Å². The van der Waals surface area contributed by atoms with Crippen LogP contribution in [0, 0.1) is 0 Å². The molecule has 3 heterocycles. The van der Waals surface area contributed by atoms with Crippen molar-refractivity contribution in [1.29, 1.82) is 0 Å². The molecule has 3 rings (SSSR count). The maximum atomic E-state index is 5.81. The molecule has 0 aliphatic carbocycles. The van der Waals surface area contributed by atoms with E-state index in [4.69, 9.17) is 10.3 Å². The van der Waals surface area contributed by atoms with E-state index >= 15 is 0 Å². The first-order valence-electron chi connectivity index (χ1n) is 5.30. The van der Waals surface area contributed by atoms with Crippen molar-refractivity contribution in [2.45, 2.75) is 0 Å². The van der Waals surface area contributed by atoms with Crippen LogP contribution < -0.4 is 5.73 Å². The van der Waals surface area contributed by atoms with Gasteiger partial charge in [-0.05, 0) is 18.2 Å².